The smallest absolute Gasteiger partial charge is 0.275 e. The van der Waals surface area contributed by atoms with E-state index >= 15 is 0 Å². The predicted molar refractivity (Wildman–Crippen MR) is 50.2 cm³/mol. The van der Waals surface area contributed by atoms with Gasteiger partial charge in [-0.15, -0.1) is 0 Å². The summed E-state index contributed by atoms with van der Waals surface area (Å²) < 4.78 is 0. The first-order valence-electron chi connectivity index (χ1n) is 4.13. The maximum atomic E-state index is 9.04. The zero-order valence-corrected chi connectivity index (χ0v) is 7.51. The Hall–Kier alpha value is -1.30. The normalized spacial score (nSPS) is 11.6. The number of aromatic hydroxyl groups is 1. The van der Waals surface area contributed by atoms with E-state index in [0.29, 0.717) is 11.3 Å². The van der Waals surface area contributed by atoms with Crippen LogP contribution in [0.3, 0.4) is 0 Å². The van der Waals surface area contributed by atoms with E-state index in [4.69, 9.17) is 26.2 Å². The number of aliphatic hydroxyl groups is 3. The summed E-state index contributed by atoms with van der Waals surface area (Å²) in [5.41, 5.74) is 6.54. The molecule has 0 aliphatic carbocycles. The Morgan fingerprint density at radius 3 is 2.36 bits per heavy atom. The second kappa shape index (κ2) is 3.83. The molecule has 0 aromatic heterocycles. The molecule has 0 radical (unpaired) electrons. The van der Waals surface area contributed by atoms with Crippen molar-refractivity contribution in [1.29, 1.82) is 0 Å². The third-order valence-corrected chi connectivity index (χ3v) is 1.86. The van der Waals surface area contributed by atoms with Gasteiger partial charge >= 0.3 is 0 Å². The largest absolute Gasteiger partial charge is 0.508 e. The van der Waals surface area contributed by atoms with Gasteiger partial charge < -0.3 is 26.2 Å². The van der Waals surface area contributed by atoms with Crippen molar-refractivity contribution in [2.24, 2.45) is 0 Å². The molecule has 0 aliphatic rings. The molecule has 0 unspecified atom stereocenters. The molecule has 6 N–H and O–H groups in total. The Morgan fingerprint density at radius 1 is 1.21 bits per heavy atom. The van der Waals surface area contributed by atoms with Crippen molar-refractivity contribution >= 4 is 5.69 Å². The number of anilines is 1. The lowest BCUT2D eigenvalue weighted by Crippen LogP contribution is -2.27. The third kappa shape index (κ3) is 3.21. The second-order valence-corrected chi connectivity index (χ2v) is 3.16. The predicted octanol–water partition coefficient (Wildman–Crippen LogP) is -0.462. The van der Waals surface area contributed by atoms with Gasteiger partial charge in [-0.05, 0) is 18.1 Å². The summed E-state index contributed by atoms with van der Waals surface area (Å²) in [7, 11) is 0. The molecule has 5 heteroatoms. The number of phenols is 1. The maximum Gasteiger partial charge on any atom is 0.275 e. The number of hydrogen-bond acceptors (Lipinski definition) is 5. The van der Waals surface area contributed by atoms with E-state index in [-0.39, 0.29) is 18.6 Å². The van der Waals surface area contributed by atoms with Crippen LogP contribution in [0, 0.1) is 0 Å². The molecule has 1 aromatic rings. The van der Waals surface area contributed by atoms with E-state index in [0.717, 1.165) is 0 Å². The van der Waals surface area contributed by atoms with E-state index in [2.05, 4.69) is 0 Å². The number of benzene rings is 1. The number of nitrogens with two attached hydrogens (primary N) is 1. The summed E-state index contributed by atoms with van der Waals surface area (Å²) in [5, 5.41) is 35.0. The van der Waals surface area contributed by atoms with E-state index < -0.39 is 5.97 Å². The molecule has 0 bridgehead atoms. The van der Waals surface area contributed by atoms with Crippen molar-refractivity contribution in [2.75, 3.05) is 5.73 Å². The van der Waals surface area contributed by atoms with Crippen LogP contribution in [0.4, 0.5) is 5.69 Å². The highest BCUT2D eigenvalue weighted by atomic mass is 16.7. The molecule has 0 saturated heterocycles. The fourth-order valence-electron chi connectivity index (χ4n) is 1.11. The van der Waals surface area contributed by atoms with Crippen LogP contribution >= 0.6 is 0 Å². The van der Waals surface area contributed by atoms with Gasteiger partial charge in [0.05, 0.1) is 0 Å². The summed E-state index contributed by atoms with van der Waals surface area (Å²) in [5.74, 6) is -2.63. The molecule has 5 nitrogen and oxygen atoms in total. The van der Waals surface area contributed by atoms with Crippen molar-refractivity contribution in [1.82, 2.24) is 0 Å². The van der Waals surface area contributed by atoms with Crippen molar-refractivity contribution in [3.05, 3.63) is 23.8 Å². The van der Waals surface area contributed by atoms with Gasteiger partial charge in [0.25, 0.3) is 5.97 Å². The zero-order valence-electron chi connectivity index (χ0n) is 7.51. The van der Waals surface area contributed by atoms with Gasteiger partial charge in [-0.1, -0.05) is 6.07 Å². The van der Waals surface area contributed by atoms with Crippen LogP contribution < -0.4 is 5.73 Å². The molecular weight excluding hydrogens is 186 g/mol. The quantitative estimate of drug-likeness (QED) is 0.334. The molecular formula is C9H13NO4. The number of phenolic OH excluding ortho intramolecular Hbond substituents is 1. The number of hydrogen-bond donors (Lipinski definition) is 5. The lowest BCUT2D eigenvalue weighted by Gasteiger charge is -2.14. The highest BCUT2D eigenvalue weighted by Gasteiger charge is 2.18. The van der Waals surface area contributed by atoms with E-state index in [1.54, 1.807) is 6.07 Å². The molecule has 0 aliphatic heterocycles. The summed E-state index contributed by atoms with van der Waals surface area (Å²) in [6, 6.07) is 4.37. The van der Waals surface area contributed by atoms with Crippen LogP contribution in [-0.4, -0.2) is 26.4 Å². The van der Waals surface area contributed by atoms with Gasteiger partial charge in [0, 0.05) is 18.2 Å². The summed E-state index contributed by atoms with van der Waals surface area (Å²) >= 11 is 0. The van der Waals surface area contributed by atoms with Crippen LogP contribution in [0.25, 0.3) is 0 Å². The molecule has 1 rings (SSSR count). The molecule has 0 fully saturated rings. The molecule has 78 valence electrons. The Kier molecular flexibility index (Phi) is 2.95. The Morgan fingerprint density at radius 2 is 1.86 bits per heavy atom. The standard InChI is InChI=1S/C9H13NO4/c10-8-5-7(11)2-1-6(8)3-4-9(12,13)14/h1-2,5,11-14H,3-4,10H2. The Balaban J connectivity index is 2.68. The maximum absolute atomic E-state index is 9.04. The van der Waals surface area contributed by atoms with Crippen LogP contribution in [0.15, 0.2) is 18.2 Å². The lowest BCUT2D eigenvalue weighted by molar-refractivity contribution is -0.314. The fourth-order valence-corrected chi connectivity index (χ4v) is 1.11. The van der Waals surface area contributed by atoms with E-state index in [1.165, 1.54) is 12.1 Å². The van der Waals surface area contributed by atoms with Crippen LogP contribution in [0.5, 0.6) is 5.75 Å². The molecule has 14 heavy (non-hydrogen) atoms. The Bertz CT molecular complexity index is 319. The van der Waals surface area contributed by atoms with Crippen molar-refractivity contribution in [3.8, 4) is 5.75 Å². The van der Waals surface area contributed by atoms with E-state index in [9.17, 15) is 0 Å². The van der Waals surface area contributed by atoms with Gasteiger partial charge in [-0.3, -0.25) is 0 Å². The first-order chi connectivity index (χ1) is 6.38. The monoisotopic (exact) mass is 199 g/mol. The molecule has 0 saturated carbocycles. The molecule has 0 amide bonds. The zero-order chi connectivity index (χ0) is 10.8. The fraction of sp³-hybridized carbons (Fsp3) is 0.333. The van der Waals surface area contributed by atoms with Crippen LogP contribution in [-0.2, 0) is 6.42 Å². The van der Waals surface area contributed by atoms with Crippen LogP contribution in [0.2, 0.25) is 0 Å². The number of aryl methyl sites for hydroxylation is 1. The summed E-state index contributed by atoms with van der Waals surface area (Å²) in [6.45, 7) is 0. The average Bonchev–Trinajstić information content (AvgIpc) is 2.00. The first-order valence-corrected chi connectivity index (χ1v) is 4.13. The van der Waals surface area contributed by atoms with Gasteiger partial charge in [-0.2, -0.15) is 0 Å². The van der Waals surface area contributed by atoms with Gasteiger partial charge in [0.15, 0.2) is 0 Å². The SMILES string of the molecule is Nc1cc(O)ccc1CCC(O)(O)O. The first kappa shape index (κ1) is 10.8. The molecule has 0 atom stereocenters. The minimum Gasteiger partial charge on any atom is -0.508 e. The third-order valence-electron chi connectivity index (χ3n) is 1.86. The minimum atomic E-state index is -2.68. The van der Waals surface area contributed by atoms with Crippen molar-refractivity contribution in [3.63, 3.8) is 0 Å². The highest BCUT2D eigenvalue weighted by Crippen LogP contribution is 2.21. The topological polar surface area (TPSA) is 107 Å². The second-order valence-electron chi connectivity index (χ2n) is 3.16. The van der Waals surface area contributed by atoms with Crippen LogP contribution in [0.1, 0.15) is 12.0 Å². The summed E-state index contributed by atoms with van der Waals surface area (Å²) in [6.07, 6.45) is -0.0163. The Labute approximate surface area is 81.0 Å². The summed E-state index contributed by atoms with van der Waals surface area (Å²) in [4.78, 5) is 0. The van der Waals surface area contributed by atoms with Gasteiger partial charge in [0.2, 0.25) is 0 Å². The van der Waals surface area contributed by atoms with Gasteiger partial charge in [0.1, 0.15) is 5.75 Å². The molecule has 1 aromatic carbocycles. The average molecular weight is 199 g/mol. The molecule has 0 heterocycles. The van der Waals surface area contributed by atoms with Crippen molar-refractivity contribution in [2.45, 2.75) is 18.8 Å². The number of nitrogen functional groups attached to an aromatic ring is 1. The van der Waals surface area contributed by atoms with Crippen molar-refractivity contribution < 1.29 is 20.4 Å². The highest BCUT2D eigenvalue weighted by molar-refractivity contribution is 5.50. The lowest BCUT2D eigenvalue weighted by atomic mass is 10.1. The minimum absolute atomic E-state index is 0.0505. The van der Waals surface area contributed by atoms with Gasteiger partial charge in [-0.25, -0.2) is 0 Å². The van der Waals surface area contributed by atoms with E-state index in [1.807, 2.05) is 0 Å². The number of rotatable bonds is 3. The molecule has 0 spiro atoms.